The number of hydrogen-bond acceptors (Lipinski definition) is 3. The third-order valence-electron chi connectivity index (χ3n) is 4.94. The molecule has 1 saturated heterocycles. The van der Waals surface area contributed by atoms with E-state index in [1.807, 2.05) is 41.1 Å². The number of hydrogen-bond donors (Lipinski definition) is 2. The Morgan fingerprint density at radius 3 is 2.64 bits per heavy atom. The summed E-state index contributed by atoms with van der Waals surface area (Å²) in [4.78, 5) is 6.62. The maximum absolute atomic E-state index is 13.4. The zero-order valence-electron chi connectivity index (χ0n) is 15.2. The van der Waals surface area contributed by atoms with Crippen molar-refractivity contribution in [2.24, 2.45) is 0 Å². The summed E-state index contributed by atoms with van der Waals surface area (Å²) in [6.45, 7) is 0.726. The molecule has 1 fully saturated rings. The second-order valence-corrected chi connectivity index (χ2v) is 7.06. The van der Waals surface area contributed by atoms with Gasteiger partial charge in [-0.2, -0.15) is 0 Å². The summed E-state index contributed by atoms with van der Waals surface area (Å²) >= 11 is 5.61. The predicted octanol–water partition coefficient (Wildman–Crippen LogP) is 3.37. The van der Waals surface area contributed by atoms with Crippen LogP contribution in [0.15, 0.2) is 67.0 Å². The highest BCUT2D eigenvalue weighted by atomic mass is 32.1. The number of halogens is 1. The van der Waals surface area contributed by atoms with E-state index in [1.165, 1.54) is 12.1 Å². The van der Waals surface area contributed by atoms with Gasteiger partial charge in [-0.15, -0.1) is 0 Å². The Morgan fingerprint density at radius 2 is 1.93 bits per heavy atom. The van der Waals surface area contributed by atoms with Crippen molar-refractivity contribution in [1.29, 1.82) is 0 Å². The van der Waals surface area contributed by atoms with Gasteiger partial charge in [-0.05, 0) is 67.2 Å². The van der Waals surface area contributed by atoms with Gasteiger partial charge in [0.1, 0.15) is 5.82 Å². The van der Waals surface area contributed by atoms with Gasteiger partial charge in [-0.25, -0.2) is 4.39 Å². The fourth-order valence-corrected chi connectivity index (χ4v) is 4.01. The van der Waals surface area contributed by atoms with E-state index in [-0.39, 0.29) is 24.5 Å². The number of nitrogens with one attached hydrogen (secondary N) is 1. The van der Waals surface area contributed by atoms with E-state index in [2.05, 4.69) is 15.2 Å². The molecule has 0 bridgehead atoms. The van der Waals surface area contributed by atoms with Crippen LogP contribution in [0, 0.1) is 5.82 Å². The average Bonchev–Trinajstić information content (AvgIpc) is 3.32. The summed E-state index contributed by atoms with van der Waals surface area (Å²) in [5, 5.41) is 13.4. The van der Waals surface area contributed by atoms with E-state index >= 15 is 0 Å². The van der Waals surface area contributed by atoms with Crippen LogP contribution >= 0.6 is 12.2 Å². The molecule has 144 valence electrons. The van der Waals surface area contributed by atoms with Crippen LogP contribution in [-0.4, -0.2) is 37.8 Å². The molecular weight excluding hydrogens is 375 g/mol. The highest BCUT2D eigenvalue weighted by Crippen LogP contribution is 2.39. The van der Waals surface area contributed by atoms with Crippen molar-refractivity contribution in [3.8, 4) is 5.69 Å². The zero-order valence-corrected chi connectivity index (χ0v) is 16.0. The van der Waals surface area contributed by atoms with Crippen LogP contribution in [0.1, 0.15) is 29.9 Å². The van der Waals surface area contributed by atoms with Gasteiger partial charge >= 0.3 is 0 Å². The Labute approximate surface area is 168 Å². The summed E-state index contributed by atoms with van der Waals surface area (Å²) in [6, 6.07) is 16.0. The third kappa shape index (κ3) is 3.50. The van der Waals surface area contributed by atoms with Gasteiger partial charge in [0, 0.05) is 36.9 Å². The topological polar surface area (TPSA) is 53.3 Å². The fourth-order valence-electron chi connectivity index (χ4n) is 3.68. The van der Waals surface area contributed by atoms with E-state index in [0.29, 0.717) is 18.1 Å². The monoisotopic (exact) mass is 396 g/mol. The van der Waals surface area contributed by atoms with Crippen LogP contribution < -0.4 is 5.32 Å². The first kappa shape index (κ1) is 18.6. The quantitative estimate of drug-likeness (QED) is 0.626. The number of rotatable bonds is 6. The summed E-state index contributed by atoms with van der Waals surface area (Å²) in [5.74, 6) is -0.267. The van der Waals surface area contributed by atoms with Crippen molar-refractivity contribution in [3.63, 3.8) is 0 Å². The normalized spacial score (nSPS) is 19.1. The summed E-state index contributed by atoms with van der Waals surface area (Å²) in [6.07, 6.45) is 4.35. The lowest BCUT2D eigenvalue weighted by molar-refractivity contribution is 0.245. The van der Waals surface area contributed by atoms with Crippen LogP contribution in [0.3, 0.4) is 0 Å². The lowest BCUT2D eigenvalue weighted by atomic mass is 10.0. The molecule has 0 spiro atoms. The van der Waals surface area contributed by atoms with Gasteiger partial charge in [-0.3, -0.25) is 4.98 Å². The molecule has 0 aliphatic carbocycles. The van der Waals surface area contributed by atoms with Gasteiger partial charge < -0.3 is 19.9 Å². The molecule has 1 aliphatic heterocycles. The molecule has 1 aromatic carbocycles. The molecule has 28 heavy (non-hydrogen) atoms. The molecule has 3 heterocycles. The fraction of sp³-hybridized carbons (Fsp3) is 0.238. The van der Waals surface area contributed by atoms with Gasteiger partial charge in [0.2, 0.25) is 0 Å². The van der Waals surface area contributed by atoms with E-state index in [9.17, 15) is 9.50 Å². The number of nitrogens with zero attached hydrogens (tertiary/aromatic N) is 3. The van der Waals surface area contributed by atoms with Gasteiger partial charge in [0.05, 0.1) is 17.8 Å². The van der Waals surface area contributed by atoms with E-state index in [4.69, 9.17) is 12.2 Å². The molecule has 3 aromatic rings. The summed E-state index contributed by atoms with van der Waals surface area (Å²) in [5.41, 5.74) is 2.79. The van der Waals surface area contributed by atoms with E-state index in [0.717, 1.165) is 17.1 Å². The van der Waals surface area contributed by atoms with Crippen LogP contribution in [0.25, 0.3) is 5.69 Å². The number of aliphatic hydroxyl groups excluding tert-OH is 1. The van der Waals surface area contributed by atoms with Crippen molar-refractivity contribution in [1.82, 2.24) is 19.8 Å². The van der Waals surface area contributed by atoms with E-state index in [1.54, 1.807) is 18.3 Å². The molecule has 2 aromatic heterocycles. The number of pyridine rings is 1. The summed E-state index contributed by atoms with van der Waals surface area (Å²) < 4.78 is 15.4. The number of thiocarbonyl (C=S) groups is 1. The maximum atomic E-state index is 13.4. The molecule has 2 N–H and O–H groups in total. The Bertz CT molecular complexity index is 945. The van der Waals surface area contributed by atoms with Gasteiger partial charge in [-0.1, -0.05) is 6.07 Å². The molecule has 2 atom stereocenters. The first-order chi connectivity index (χ1) is 13.7. The molecule has 4 rings (SSSR count). The molecule has 7 heteroatoms. The molecule has 0 amide bonds. The lowest BCUT2D eigenvalue weighted by Gasteiger charge is -2.28. The molecular formula is C21H21FN4OS. The second-order valence-electron chi connectivity index (χ2n) is 6.68. The smallest absolute Gasteiger partial charge is 0.170 e. The first-order valence-electron chi connectivity index (χ1n) is 9.21. The van der Waals surface area contributed by atoms with Gasteiger partial charge in [0.25, 0.3) is 0 Å². The average molecular weight is 396 g/mol. The van der Waals surface area contributed by atoms with Gasteiger partial charge in [0.15, 0.2) is 5.11 Å². The molecule has 0 radical (unpaired) electrons. The van der Waals surface area contributed by atoms with Crippen LogP contribution in [0.2, 0.25) is 0 Å². The molecule has 0 saturated carbocycles. The largest absolute Gasteiger partial charge is 0.396 e. The SMILES string of the molecule is OCCCN1C(=S)N[C@@H](c2ccccn2)[C@H]1c1cccn1-c1ccc(F)cc1. The Morgan fingerprint density at radius 1 is 1.11 bits per heavy atom. The number of aliphatic hydroxyl groups is 1. The minimum Gasteiger partial charge on any atom is -0.396 e. The van der Waals surface area contributed by atoms with Crippen molar-refractivity contribution in [3.05, 3.63) is 84.2 Å². The van der Waals surface area contributed by atoms with Crippen LogP contribution in [0.4, 0.5) is 4.39 Å². The molecule has 5 nitrogen and oxygen atoms in total. The highest BCUT2D eigenvalue weighted by molar-refractivity contribution is 7.80. The lowest BCUT2D eigenvalue weighted by Crippen LogP contribution is -2.31. The maximum Gasteiger partial charge on any atom is 0.170 e. The van der Waals surface area contributed by atoms with Crippen molar-refractivity contribution in [2.75, 3.05) is 13.2 Å². The zero-order chi connectivity index (χ0) is 19.5. The standard InChI is InChI=1S/C21H21FN4OS/c22-15-7-9-16(10-8-15)25-12-3-6-18(25)20-19(17-5-1-2-11-23-17)24-21(28)26(20)13-4-14-27/h1-3,5-12,19-20,27H,4,13-14H2,(H,24,28)/t19-,20+/m0/s1. The summed E-state index contributed by atoms with van der Waals surface area (Å²) in [7, 11) is 0. The minimum atomic E-state index is -0.267. The van der Waals surface area contributed by atoms with Crippen molar-refractivity contribution < 1.29 is 9.50 Å². The van der Waals surface area contributed by atoms with Crippen molar-refractivity contribution >= 4 is 17.3 Å². The molecule has 1 aliphatic rings. The van der Waals surface area contributed by atoms with E-state index < -0.39 is 0 Å². The molecule has 0 unspecified atom stereocenters. The van der Waals surface area contributed by atoms with Crippen LogP contribution in [-0.2, 0) is 0 Å². The first-order valence-corrected chi connectivity index (χ1v) is 9.62. The third-order valence-corrected chi connectivity index (χ3v) is 5.30. The number of aromatic nitrogens is 2. The number of benzene rings is 1. The second kappa shape index (κ2) is 8.08. The Hall–Kier alpha value is -2.77. The minimum absolute atomic E-state index is 0.0963. The van der Waals surface area contributed by atoms with Crippen LogP contribution in [0.5, 0.6) is 0 Å². The Kier molecular flexibility index (Phi) is 5.36. The predicted molar refractivity (Wildman–Crippen MR) is 110 cm³/mol. The highest BCUT2D eigenvalue weighted by Gasteiger charge is 2.40. The van der Waals surface area contributed by atoms with Crippen molar-refractivity contribution in [2.45, 2.75) is 18.5 Å². The Balaban J connectivity index is 1.78.